The minimum Gasteiger partial charge on any atom is -0.349 e. The summed E-state index contributed by atoms with van der Waals surface area (Å²) in [7, 11) is 1.84. The molecule has 1 fully saturated rings. The average molecular weight is 316 g/mol. The second-order valence-electron chi connectivity index (χ2n) is 5.78. The quantitative estimate of drug-likeness (QED) is 0.831. The van der Waals surface area contributed by atoms with Crippen molar-refractivity contribution in [2.75, 3.05) is 31.6 Å². The SMILES string of the molecule is Cc1noc(C2CCCN(C(=O)CN(C)c3cnccn3)C2)n1. The fourth-order valence-electron chi connectivity index (χ4n) is 2.76. The minimum absolute atomic E-state index is 0.0686. The summed E-state index contributed by atoms with van der Waals surface area (Å²) in [6.45, 7) is 3.45. The van der Waals surface area contributed by atoms with Crippen molar-refractivity contribution in [3.8, 4) is 0 Å². The van der Waals surface area contributed by atoms with Crippen molar-refractivity contribution in [2.45, 2.75) is 25.7 Å². The van der Waals surface area contributed by atoms with Crippen molar-refractivity contribution in [1.29, 1.82) is 0 Å². The Kier molecular flexibility index (Phi) is 4.50. The van der Waals surface area contributed by atoms with Gasteiger partial charge in [0, 0.05) is 32.5 Å². The zero-order valence-electron chi connectivity index (χ0n) is 13.3. The fraction of sp³-hybridized carbons (Fsp3) is 0.533. The number of carbonyl (C=O) groups is 1. The van der Waals surface area contributed by atoms with Crippen molar-refractivity contribution >= 4 is 11.7 Å². The standard InChI is InChI=1S/C15H20N6O2/c1-11-18-15(23-19-11)12-4-3-7-21(9-12)14(22)10-20(2)13-8-16-5-6-17-13/h5-6,8,12H,3-4,7,9-10H2,1-2H3. The van der Waals surface area contributed by atoms with Gasteiger partial charge in [-0.3, -0.25) is 9.78 Å². The van der Waals surface area contributed by atoms with Crippen LogP contribution in [0.5, 0.6) is 0 Å². The van der Waals surface area contributed by atoms with Gasteiger partial charge in [0.1, 0.15) is 5.82 Å². The molecular weight excluding hydrogens is 296 g/mol. The minimum atomic E-state index is 0.0686. The van der Waals surface area contributed by atoms with Gasteiger partial charge >= 0.3 is 0 Å². The van der Waals surface area contributed by atoms with Crippen LogP contribution >= 0.6 is 0 Å². The summed E-state index contributed by atoms with van der Waals surface area (Å²) in [5.74, 6) is 2.13. The lowest BCUT2D eigenvalue weighted by molar-refractivity contribution is -0.131. The summed E-state index contributed by atoms with van der Waals surface area (Å²) in [5, 5.41) is 3.84. The second kappa shape index (κ2) is 6.72. The van der Waals surface area contributed by atoms with E-state index in [1.165, 1.54) is 0 Å². The van der Waals surface area contributed by atoms with Crippen LogP contribution in [0.1, 0.15) is 30.5 Å². The summed E-state index contributed by atoms with van der Waals surface area (Å²) in [6.07, 6.45) is 6.78. The molecule has 1 aliphatic rings. The highest BCUT2D eigenvalue weighted by Gasteiger charge is 2.28. The van der Waals surface area contributed by atoms with Crippen LogP contribution in [-0.2, 0) is 4.79 Å². The molecule has 3 heterocycles. The predicted molar refractivity (Wildman–Crippen MR) is 82.9 cm³/mol. The maximum absolute atomic E-state index is 12.5. The number of amides is 1. The van der Waals surface area contributed by atoms with Crippen LogP contribution in [0, 0.1) is 6.92 Å². The normalized spacial score (nSPS) is 18.0. The highest BCUT2D eigenvalue weighted by Crippen LogP contribution is 2.25. The molecule has 3 rings (SSSR count). The molecular formula is C15H20N6O2. The summed E-state index contributed by atoms with van der Waals surface area (Å²) in [6, 6.07) is 0. The molecule has 8 heteroatoms. The molecule has 23 heavy (non-hydrogen) atoms. The van der Waals surface area contributed by atoms with Gasteiger partial charge in [-0.15, -0.1) is 0 Å². The number of nitrogens with zero attached hydrogens (tertiary/aromatic N) is 6. The highest BCUT2D eigenvalue weighted by molar-refractivity contribution is 5.81. The number of rotatable bonds is 4. The molecule has 0 spiro atoms. The molecule has 2 aromatic rings. The largest absolute Gasteiger partial charge is 0.349 e. The van der Waals surface area contributed by atoms with Crippen LogP contribution < -0.4 is 4.90 Å². The molecule has 1 saturated heterocycles. The Morgan fingerprint density at radius 3 is 3.04 bits per heavy atom. The summed E-state index contributed by atoms with van der Waals surface area (Å²) >= 11 is 0. The Morgan fingerprint density at radius 1 is 1.48 bits per heavy atom. The second-order valence-corrected chi connectivity index (χ2v) is 5.78. The van der Waals surface area contributed by atoms with E-state index in [1.807, 2.05) is 11.9 Å². The maximum atomic E-state index is 12.5. The van der Waals surface area contributed by atoms with Gasteiger partial charge in [-0.25, -0.2) is 4.98 Å². The lowest BCUT2D eigenvalue weighted by atomic mass is 9.98. The van der Waals surface area contributed by atoms with E-state index < -0.39 is 0 Å². The third kappa shape index (κ3) is 3.64. The number of aromatic nitrogens is 4. The first-order chi connectivity index (χ1) is 11.1. The van der Waals surface area contributed by atoms with E-state index >= 15 is 0 Å². The summed E-state index contributed by atoms with van der Waals surface area (Å²) < 4.78 is 5.25. The van der Waals surface area contributed by atoms with Gasteiger partial charge in [-0.1, -0.05) is 5.16 Å². The average Bonchev–Trinajstić information content (AvgIpc) is 3.02. The number of anilines is 1. The first kappa shape index (κ1) is 15.4. The Balaban J connectivity index is 1.61. The van der Waals surface area contributed by atoms with E-state index in [2.05, 4.69) is 20.1 Å². The Morgan fingerprint density at radius 2 is 2.35 bits per heavy atom. The van der Waals surface area contributed by atoms with Crippen molar-refractivity contribution in [3.05, 3.63) is 30.3 Å². The molecule has 0 aromatic carbocycles. The molecule has 122 valence electrons. The molecule has 2 aromatic heterocycles. The lowest BCUT2D eigenvalue weighted by Gasteiger charge is -2.32. The van der Waals surface area contributed by atoms with Gasteiger partial charge in [0.2, 0.25) is 11.8 Å². The van der Waals surface area contributed by atoms with Gasteiger partial charge in [0.05, 0.1) is 18.7 Å². The number of hydrogen-bond donors (Lipinski definition) is 0. The maximum Gasteiger partial charge on any atom is 0.242 e. The molecule has 0 aliphatic carbocycles. The van der Waals surface area contributed by atoms with Gasteiger partial charge in [-0.2, -0.15) is 4.98 Å². The smallest absolute Gasteiger partial charge is 0.242 e. The third-order valence-electron chi connectivity index (χ3n) is 3.98. The van der Waals surface area contributed by atoms with Crippen LogP contribution in [0.2, 0.25) is 0 Å². The number of piperidine rings is 1. The van der Waals surface area contributed by atoms with Crippen molar-refractivity contribution in [2.24, 2.45) is 0 Å². The van der Waals surface area contributed by atoms with Crippen LogP contribution in [-0.4, -0.2) is 57.6 Å². The highest BCUT2D eigenvalue weighted by atomic mass is 16.5. The van der Waals surface area contributed by atoms with Crippen LogP contribution in [0.15, 0.2) is 23.1 Å². The van der Waals surface area contributed by atoms with Crippen molar-refractivity contribution < 1.29 is 9.32 Å². The van der Waals surface area contributed by atoms with Gasteiger partial charge < -0.3 is 14.3 Å². The number of hydrogen-bond acceptors (Lipinski definition) is 7. The van der Waals surface area contributed by atoms with Crippen LogP contribution in [0.25, 0.3) is 0 Å². The van der Waals surface area contributed by atoms with E-state index in [-0.39, 0.29) is 18.4 Å². The molecule has 1 amide bonds. The van der Waals surface area contributed by atoms with E-state index in [1.54, 1.807) is 30.4 Å². The number of aryl methyl sites for hydroxylation is 1. The van der Waals surface area contributed by atoms with Crippen LogP contribution in [0.3, 0.4) is 0 Å². The first-order valence-electron chi connectivity index (χ1n) is 7.68. The predicted octanol–water partition coefficient (Wildman–Crippen LogP) is 1.01. The van der Waals surface area contributed by atoms with Gasteiger partial charge in [-0.05, 0) is 19.8 Å². The molecule has 1 unspecified atom stereocenters. The molecule has 1 atom stereocenters. The number of carbonyl (C=O) groups excluding carboxylic acids is 1. The summed E-state index contributed by atoms with van der Waals surface area (Å²) in [4.78, 5) is 28.7. The molecule has 0 N–H and O–H groups in total. The monoisotopic (exact) mass is 316 g/mol. The van der Waals surface area contributed by atoms with Crippen molar-refractivity contribution in [1.82, 2.24) is 25.0 Å². The Hall–Kier alpha value is -2.51. The molecule has 8 nitrogen and oxygen atoms in total. The van der Waals surface area contributed by atoms with E-state index in [0.29, 0.717) is 24.1 Å². The van der Waals surface area contributed by atoms with E-state index in [0.717, 1.165) is 19.4 Å². The molecule has 1 aliphatic heterocycles. The zero-order valence-corrected chi connectivity index (χ0v) is 13.3. The zero-order chi connectivity index (χ0) is 16.2. The van der Waals surface area contributed by atoms with Crippen LogP contribution in [0.4, 0.5) is 5.82 Å². The molecule has 0 radical (unpaired) electrons. The van der Waals surface area contributed by atoms with Gasteiger partial charge in [0.25, 0.3) is 0 Å². The number of likely N-dealkylation sites (tertiary alicyclic amines) is 1. The van der Waals surface area contributed by atoms with Gasteiger partial charge in [0.15, 0.2) is 5.82 Å². The molecule has 0 saturated carbocycles. The lowest BCUT2D eigenvalue weighted by Crippen LogP contribution is -2.44. The van der Waals surface area contributed by atoms with E-state index in [9.17, 15) is 4.79 Å². The topological polar surface area (TPSA) is 88.3 Å². The summed E-state index contributed by atoms with van der Waals surface area (Å²) in [5.41, 5.74) is 0. The van der Waals surface area contributed by atoms with E-state index in [4.69, 9.17) is 4.52 Å². The third-order valence-corrected chi connectivity index (χ3v) is 3.98. The first-order valence-corrected chi connectivity index (χ1v) is 7.68. The Labute approximate surface area is 134 Å². The Bertz CT molecular complexity index is 659. The van der Waals surface area contributed by atoms with Crippen molar-refractivity contribution in [3.63, 3.8) is 0 Å². The molecule has 0 bridgehead atoms. The number of likely N-dealkylation sites (N-methyl/N-ethyl adjacent to an activating group) is 1. The fourth-order valence-corrected chi connectivity index (χ4v) is 2.76.